The van der Waals surface area contributed by atoms with Crippen molar-refractivity contribution in [2.24, 2.45) is 5.92 Å². The SMILES string of the molecule is C[C@@H]1CCN(C)[C@H](C)C1. The Balaban J connectivity index is 2.35. The van der Waals surface area contributed by atoms with Crippen molar-refractivity contribution in [3.63, 3.8) is 0 Å². The van der Waals surface area contributed by atoms with Gasteiger partial charge in [-0.1, -0.05) is 6.92 Å². The molecule has 1 fully saturated rings. The third kappa shape index (κ3) is 1.68. The van der Waals surface area contributed by atoms with Gasteiger partial charge in [0.1, 0.15) is 0 Å². The largest absolute Gasteiger partial charge is 0.304 e. The van der Waals surface area contributed by atoms with Crippen molar-refractivity contribution in [1.82, 2.24) is 4.90 Å². The van der Waals surface area contributed by atoms with Crippen LogP contribution in [0.25, 0.3) is 0 Å². The van der Waals surface area contributed by atoms with Crippen LogP contribution in [-0.4, -0.2) is 24.5 Å². The Morgan fingerprint density at radius 2 is 2.00 bits per heavy atom. The average Bonchev–Trinajstić information content (AvgIpc) is 1.80. The van der Waals surface area contributed by atoms with E-state index in [-0.39, 0.29) is 0 Å². The number of hydrogen-bond donors (Lipinski definition) is 0. The Kier molecular flexibility index (Phi) is 2.12. The van der Waals surface area contributed by atoms with Crippen LogP contribution in [0.5, 0.6) is 0 Å². The highest BCUT2D eigenvalue weighted by Crippen LogP contribution is 2.19. The summed E-state index contributed by atoms with van der Waals surface area (Å²) in [6.07, 6.45) is 2.78. The van der Waals surface area contributed by atoms with Gasteiger partial charge in [-0.25, -0.2) is 0 Å². The van der Waals surface area contributed by atoms with Crippen LogP contribution in [0.2, 0.25) is 0 Å². The second-order valence-electron chi connectivity index (χ2n) is 3.46. The van der Waals surface area contributed by atoms with Gasteiger partial charge in [-0.2, -0.15) is 0 Å². The van der Waals surface area contributed by atoms with E-state index in [1.165, 1.54) is 19.4 Å². The van der Waals surface area contributed by atoms with Gasteiger partial charge in [0.05, 0.1) is 0 Å². The van der Waals surface area contributed by atoms with Crippen LogP contribution in [0.15, 0.2) is 0 Å². The number of hydrogen-bond acceptors (Lipinski definition) is 1. The third-order valence-electron chi connectivity index (χ3n) is 2.47. The lowest BCUT2D eigenvalue weighted by molar-refractivity contribution is 0.162. The van der Waals surface area contributed by atoms with Crippen molar-refractivity contribution >= 4 is 0 Å². The maximum Gasteiger partial charge on any atom is 0.00664 e. The molecule has 1 aliphatic heterocycles. The molecule has 1 heteroatoms. The van der Waals surface area contributed by atoms with Crippen LogP contribution >= 0.6 is 0 Å². The Morgan fingerprint density at radius 1 is 1.33 bits per heavy atom. The Morgan fingerprint density at radius 3 is 2.44 bits per heavy atom. The lowest BCUT2D eigenvalue weighted by atomic mass is 9.94. The van der Waals surface area contributed by atoms with Gasteiger partial charge in [0.15, 0.2) is 0 Å². The molecule has 0 bridgehead atoms. The number of nitrogens with zero attached hydrogens (tertiary/aromatic N) is 1. The first-order valence-electron chi connectivity index (χ1n) is 3.90. The summed E-state index contributed by atoms with van der Waals surface area (Å²) >= 11 is 0. The van der Waals surface area contributed by atoms with Gasteiger partial charge in [-0.3, -0.25) is 0 Å². The van der Waals surface area contributed by atoms with E-state index in [0.29, 0.717) is 0 Å². The molecule has 1 rings (SSSR count). The molecule has 1 nitrogen and oxygen atoms in total. The van der Waals surface area contributed by atoms with Crippen LogP contribution in [-0.2, 0) is 0 Å². The normalized spacial score (nSPS) is 39.0. The summed E-state index contributed by atoms with van der Waals surface area (Å²) in [5.74, 6) is 0.955. The van der Waals surface area contributed by atoms with Crippen molar-refractivity contribution in [2.75, 3.05) is 13.6 Å². The molecule has 0 aliphatic carbocycles. The van der Waals surface area contributed by atoms with Crippen LogP contribution in [0, 0.1) is 5.92 Å². The van der Waals surface area contributed by atoms with Crippen molar-refractivity contribution in [2.45, 2.75) is 32.7 Å². The predicted octanol–water partition coefficient (Wildman–Crippen LogP) is 1.74. The molecule has 0 amide bonds. The minimum Gasteiger partial charge on any atom is -0.304 e. The molecule has 9 heavy (non-hydrogen) atoms. The fraction of sp³-hybridized carbons (Fsp3) is 1.00. The first-order valence-corrected chi connectivity index (χ1v) is 3.90. The summed E-state index contributed by atoms with van der Waals surface area (Å²) in [5.41, 5.74) is 0. The molecule has 0 aromatic heterocycles. The highest BCUT2D eigenvalue weighted by Gasteiger charge is 2.18. The zero-order valence-corrected chi connectivity index (χ0v) is 6.72. The van der Waals surface area contributed by atoms with Gasteiger partial charge >= 0.3 is 0 Å². The van der Waals surface area contributed by atoms with Crippen LogP contribution in [0.4, 0.5) is 0 Å². The van der Waals surface area contributed by atoms with Gasteiger partial charge in [-0.05, 0) is 39.3 Å². The van der Waals surface area contributed by atoms with E-state index in [4.69, 9.17) is 0 Å². The van der Waals surface area contributed by atoms with E-state index in [9.17, 15) is 0 Å². The maximum atomic E-state index is 2.44. The smallest absolute Gasteiger partial charge is 0.00664 e. The van der Waals surface area contributed by atoms with E-state index in [0.717, 1.165) is 12.0 Å². The molecular formula is C8H17N. The average molecular weight is 127 g/mol. The molecule has 0 radical (unpaired) electrons. The molecule has 1 aliphatic rings. The van der Waals surface area contributed by atoms with Gasteiger partial charge < -0.3 is 4.90 Å². The number of rotatable bonds is 0. The summed E-state index contributed by atoms with van der Waals surface area (Å²) in [7, 11) is 2.22. The van der Waals surface area contributed by atoms with Crippen LogP contribution in [0.3, 0.4) is 0 Å². The molecule has 0 aromatic rings. The highest BCUT2D eigenvalue weighted by atomic mass is 15.1. The second kappa shape index (κ2) is 2.70. The topological polar surface area (TPSA) is 3.24 Å². The van der Waals surface area contributed by atoms with E-state index in [1.54, 1.807) is 0 Å². The van der Waals surface area contributed by atoms with E-state index in [2.05, 4.69) is 25.8 Å². The molecule has 1 heterocycles. The fourth-order valence-electron chi connectivity index (χ4n) is 1.52. The Hall–Kier alpha value is -0.0400. The van der Waals surface area contributed by atoms with Gasteiger partial charge in [0, 0.05) is 6.04 Å². The monoisotopic (exact) mass is 127 g/mol. The highest BCUT2D eigenvalue weighted by molar-refractivity contribution is 4.73. The summed E-state index contributed by atoms with van der Waals surface area (Å²) in [6, 6.07) is 0.814. The molecule has 0 saturated carbocycles. The van der Waals surface area contributed by atoms with E-state index >= 15 is 0 Å². The Bertz CT molecular complexity index is 90.6. The number of piperidine rings is 1. The van der Waals surface area contributed by atoms with Gasteiger partial charge in [0.25, 0.3) is 0 Å². The zero-order valence-electron chi connectivity index (χ0n) is 6.72. The molecule has 0 unspecified atom stereocenters. The quantitative estimate of drug-likeness (QED) is 0.479. The molecular weight excluding hydrogens is 110 g/mol. The first kappa shape index (κ1) is 7.07. The van der Waals surface area contributed by atoms with Gasteiger partial charge in [-0.15, -0.1) is 0 Å². The lowest BCUT2D eigenvalue weighted by Gasteiger charge is -2.33. The minimum absolute atomic E-state index is 0.814. The van der Waals surface area contributed by atoms with Crippen molar-refractivity contribution in [3.05, 3.63) is 0 Å². The van der Waals surface area contributed by atoms with E-state index < -0.39 is 0 Å². The third-order valence-corrected chi connectivity index (χ3v) is 2.47. The van der Waals surface area contributed by atoms with Crippen molar-refractivity contribution in [1.29, 1.82) is 0 Å². The zero-order chi connectivity index (χ0) is 6.85. The number of likely N-dealkylation sites (tertiary alicyclic amines) is 1. The second-order valence-corrected chi connectivity index (χ2v) is 3.46. The first-order chi connectivity index (χ1) is 4.20. The minimum atomic E-state index is 0.814. The van der Waals surface area contributed by atoms with Crippen LogP contribution in [0.1, 0.15) is 26.7 Å². The summed E-state index contributed by atoms with van der Waals surface area (Å²) < 4.78 is 0. The lowest BCUT2D eigenvalue weighted by Crippen LogP contribution is -2.36. The maximum absolute atomic E-state index is 2.44. The molecule has 2 atom stereocenters. The van der Waals surface area contributed by atoms with Crippen molar-refractivity contribution in [3.8, 4) is 0 Å². The predicted molar refractivity (Wildman–Crippen MR) is 40.5 cm³/mol. The summed E-state index contributed by atoms with van der Waals surface area (Å²) in [4.78, 5) is 2.44. The van der Waals surface area contributed by atoms with Gasteiger partial charge in [0.2, 0.25) is 0 Å². The molecule has 1 saturated heterocycles. The molecule has 0 spiro atoms. The van der Waals surface area contributed by atoms with E-state index in [1.807, 2.05) is 0 Å². The molecule has 0 aromatic carbocycles. The standard InChI is InChI=1S/C8H17N/c1-7-4-5-9(3)8(2)6-7/h7-8H,4-6H2,1-3H3/t7-,8-/m1/s1. The van der Waals surface area contributed by atoms with Crippen LogP contribution < -0.4 is 0 Å². The summed E-state index contributed by atoms with van der Waals surface area (Å²) in [6.45, 7) is 5.96. The van der Waals surface area contributed by atoms with Crippen molar-refractivity contribution < 1.29 is 0 Å². The fourth-order valence-corrected chi connectivity index (χ4v) is 1.52. The molecule has 54 valence electrons. The molecule has 0 N–H and O–H groups in total. The Labute approximate surface area is 58.0 Å². The summed E-state index contributed by atoms with van der Waals surface area (Å²) in [5, 5.41) is 0.